The molecule has 2 N–H and O–H groups in total. The Hall–Kier alpha value is -4.18. The molecule has 0 atom stereocenters. The SMILES string of the molecule is Cc1ccc(CC(=O)Nc2ccc(-c3ccc(NC(=O)Cc4ccc(C)cc4C)c(C)c3)cc2C)c(C)c1. The Kier molecular flexibility index (Phi) is 8.11. The quantitative estimate of drug-likeness (QED) is 0.273. The number of hydrogen-bond donors (Lipinski definition) is 2. The summed E-state index contributed by atoms with van der Waals surface area (Å²) in [7, 11) is 0. The predicted molar refractivity (Wildman–Crippen MR) is 158 cm³/mol. The van der Waals surface area contributed by atoms with Gasteiger partial charge in [0.15, 0.2) is 0 Å². The van der Waals surface area contributed by atoms with Crippen LogP contribution in [0.15, 0.2) is 72.8 Å². The normalized spacial score (nSPS) is 10.8. The molecule has 38 heavy (non-hydrogen) atoms. The highest BCUT2D eigenvalue weighted by Gasteiger charge is 2.12. The van der Waals surface area contributed by atoms with E-state index in [1.54, 1.807) is 0 Å². The molecule has 4 aromatic carbocycles. The van der Waals surface area contributed by atoms with Crippen LogP contribution in [0.5, 0.6) is 0 Å². The van der Waals surface area contributed by atoms with Crippen molar-refractivity contribution in [2.75, 3.05) is 10.6 Å². The van der Waals surface area contributed by atoms with Gasteiger partial charge >= 0.3 is 0 Å². The summed E-state index contributed by atoms with van der Waals surface area (Å²) in [6, 6.07) is 24.5. The van der Waals surface area contributed by atoms with Gasteiger partial charge < -0.3 is 10.6 Å². The highest BCUT2D eigenvalue weighted by Crippen LogP contribution is 2.28. The van der Waals surface area contributed by atoms with Crippen molar-refractivity contribution in [3.63, 3.8) is 0 Å². The van der Waals surface area contributed by atoms with Gasteiger partial charge in [0.05, 0.1) is 12.8 Å². The van der Waals surface area contributed by atoms with Gasteiger partial charge in [-0.25, -0.2) is 0 Å². The minimum Gasteiger partial charge on any atom is -0.326 e. The van der Waals surface area contributed by atoms with E-state index in [1.807, 2.05) is 76.2 Å². The summed E-state index contributed by atoms with van der Waals surface area (Å²) in [4.78, 5) is 25.4. The number of aryl methyl sites for hydroxylation is 6. The first-order valence-electron chi connectivity index (χ1n) is 13.0. The molecule has 4 aromatic rings. The number of rotatable bonds is 7. The average Bonchev–Trinajstić information content (AvgIpc) is 2.85. The van der Waals surface area contributed by atoms with Crippen LogP contribution in [-0.2, 0) is 22.4 Å². The molecule has 0 saturated heterocycles. The molecule has 0 unspecified atom stereocenters. The Morgan fingerprint density at radius 3 is 1.24 bits per heavy atom. The highest BCUT2D eigenvalue weighted by atomic mass is 16.2. The number of carbonyl (C=O) groups is 2. The van der Waals surface area contributed by atoms with Crippen molar-refractivity contribution in [2.45, 2.75) is 54.4 Å². The second-order valence-electron chi connectivity index (χ2n) is 10.4. The van der Waals surface area contributed by atoms with Crippen LogP contribution in [0.4, 0.5) is 11.4 Å². The summed E-state index contributed by atoms with van der Waals surface area (Å²) in [5.41, 5.74) is 12.5. The number of hydrogen-bond acceptors (Lipinski definition) is 2. The first-order valence-corrected chi connectivity index (χ1v) is 13.0. The molecule has 0 aliphatic rings. The number of nitrogens with one attached hydrogen (secondary N) is 2. The minimum absolute atomic E-state index is 0.0235. The molecule has 0 aromatic heterocycles. The Morgan fingerprint density at radius 1 is 0.500 bits per heavy atom. The van der Waals surface area contributed by atoms with Crippen molar-refractivity contribution >= 4 is 23.2 Å². The van der Waals surface area contributed by atoms with E-state index in [1.165, 1.54) is 11.1 Å². The van der Waals surface area contributed by atoms with Gasteiger partial charge in [-0.1, -0.05) is 59.7 Å². The van der Waals surface area contributed by atoms with E-state index in [-0.39, 0.29) is 11.8 Å². The molecular formula is C34H36N2O2. The molecular weight excluding hydrogens is 468 g/mol. The minimum atomic E-state index is -0.0235. The van der Waals surface area contributed by atoms with Crippen molar-refractivity contribution in [1.29, 1.82) is 0 Å². The first-order chi connectivity index (χ1) is 18.1. The fraction of sp³-hybridized carbons (Fsp3) is 0.235. The fourth-order valence-electron chi connectivity index (χ4n) is 4.79. The maximum atomic E-state index is 12.7. The molecule has 0 spiro atoms. The van der Waals surface area contributed by atoms with E-state index < -0.39 is 0 Å². The van der Waals surface area contributed by atoms with Crippen LogP contribution < -0.4 is 10.6 Å². The summed E-state index contributed by atoms with van der Waals surface area (Å²) in [6.07, 6.45) is 0.701. The van der Waals surface area contributed by atoms with Crippen LogP contribution in [0.2, 0.25) is 0 Å². The lowest BCUT2D eigenvalue weighted by atomic mass is 9.99. The number of carbonyl (C=O) groups excluding carboxylic acids is 2. The first kappa shape index (κ1) is 26.9. The zero-order valence-corrected chi connectivity index (χ0v) is 23.2. The van der Waals surface area contributed by atoms with Crippen LogP contribution in [0.25, 0.3) is 11.1 Å². The van der Waals surface area contributed by atoms with E-state index in [0.717, 1.165) is 55.9 Å². The van der Waals surface area contributed by atoms with E-state index in [0.29, 0.717) is 12.8 Å². The molecule has 0 aliphatic heterocycles. The third-order valence-electron chi connectivity index (χ3n) is 7.03. The van der Waals surface area contributed by atoms with E-state index in [2.05, 4.69) is 48.7 Å². The third kappa shape index (κ3) is 6.57. The van der Waals surface area contributed by atoms with Crippen molar-refractivity contribution in [3.05, 3.63) is 117 Å². The highest BCUT2D eigenvalue weighted by molar-refractivity contribution is 5.94. The molecule has 0 radical (unpaired) electrons. The molecule has 0 fully saturated rings. The summed E-state index contributed by atoms with van der Waals surface area (Å²) >= 11 is 0. The number of anilines is 2. The number of amides is 2. The number of benzene rings is 4. The van der Waals surface area contributed by atoms with Crippen LogP contribution in [0, 0.1) is 41.5 Å². The van der Waals surface area contributed by atoms with Gasteiger partial charge in [0.25, 0.3) is 0 Å². The Balaban J connectivity index is 1.42. The van der Waals surface area contributed by atoms with E-state index >= 15 is 0 Å². The Morgan fingerprint density at radius 2 is 0.895 bits per heavy atom. The molecule has 0 aliphatic carbocycles. The summed E-state index contributed by atoms with van der Waals surface area (Å²) in [6.45, 7) is 12.2. The fourth-order valence-corrected chi connectivity index (χ4v) is 4.79. The third-order valence-corrected chi connectivity index (χ3v) is 7.03. The van der Waals surface area contributed by atoms with Crippen molar-refractivity contribution in [3.8, 4) is 11.1 Å². The lowest BCUT2D eigenvalue weighted by Crippen LogP contribution is -2.16. The van der Waals surface area contributed by atoms with E-state index in [9.17, 15) is 9.59 Å². The van der Waals surface area contributed by atoms with E-state index in [4.69, 9.17) is 0 Å². The molecule has 0 bridgehead atoms. The maximum Gasteiger partial charge on any atom is 0.228 e. The van der Waals surface area contributed by atoms with Crippen LogP contribution >= 0.6 is 0 Å². The van der Waals surface area contributed by atoms with Crippen LogP contribution in [-0.4, -0.2) is 11.8 Å². The molecule has 0 saturated carbocycles. The van der Waals surface area contributed by atoms with Crippen molar-refractivity contribution in [1.82, 2.24) is 0 Å². The smallest absolute Gasteiger partial charge is 0.228 e. The van der Waals surface area contributed by atoms with Crippen LogP contribution in [0.3, 0.4) is 0 Å². The van der Waals surface area contributed by atoms with Crippen molar-refractivity contribution < 1.29 is 9.59 Å². The van der Waals surface area contributed by atoms with Gasteiger partial charge in [0, 0.05) is 11.4 Å². The second kappa shape index (κ2) is 11.5. The molecule has 194 valence electrons. The lowest BCUT2D eigenvalue weighted by molar-refractivity contribution is -0.116. The second-order valence-corrected chi connectivity index (χ2v) is 10.4. The predicted octanol–water partition coefficient (Wildman–Crippen LogP) is 7.57. The molecule has 4 rings (SSSR count). The van der Waals surface area contributed by atoms with Gasteiger partial charge in [0.1, 0.15) is 0 Å². The van der Waals surface area contributed by atoms with Crippen LogP contribution in [0.1, 0.15) is 44.5 Å². The van der Waals surface area contributed by atoms with Gasteiger partial charge in [-0.05, 0) is 110 Å². The monoisotopic (exact) mass is 504 g/mol. The maximum absolute atomic E-state index is 12.7. The van der Waals surface area contributed by atoms with Gasteiger partial charge in [-0.15, -0.1) is 0 Å². The Bertz CT molecular complexity index is 1400. The van der Waals surface area contributed by atoms with Gasteiger partial charge in [-0.3, -0.25) is 9.59 Å². The molecule has 0 heterocycles. The summed E-state index contributed by atoms with van der Waals surface area (Å²) in [5, 5.41) is 6.12. The van der Waals surface area contributed by atoms with Gasteiger partial charge in [-0.2, -0.15) is 0 Å². The standard InChI is InChI=1S/C34H36N2O2/c1-21-7-9-27(23(3)15-21)19-33(37)35-31-13-11-29(17-25(31)5)30-12-14-32(26(6)18-30)36-34(38)20-28-10-8-22(2)16-24(28)4/h7-18H,19-20H2,1-6H3,(H,35,37)(H,36,38). The largest absolute Gasteiger partial charge is 0.326 e. The Labute approximate surface area is 226 Å². The average molecular weight is 505 g/mol. The molecule has 4 heteroatoms. The lowest BCUT2D eigenvalue weighted by Gasteiger charge is -2.14. The summed E-state index contributed by atoms with van der Waals surface area (Å²) < 4.78 is 0. The zero-order valence-electron chi connectivity index (χ0n) is 23.2. The topological polar surface area (TPSA) is 58.2 Å². The summed E-state index contributed by atoms with van der Waals surface area (Å²) in [5.74, 6) is -0.0471. The zero-order chi connectivity index (χ0) is 27.4. The van der Waals surface area contributed by atoms with Gasteiger partial charge in [0.2, 0.25) is 11.8 Å². The molecule has 2 amide bonds. The molecule has 4 nitrogen and oxygen atoms in total. The van der Waals surface area contributed by atoms with Crippen molar-refractivity contribution in [2.24, 2.45) is 0 Å².